The summed E-state index contributed by atoms with van der Waals surface area (Å²) in [5, 5.41) is 16.3. The van der Waals surface area contributed by atoms with Crippen LogP contribution in [0, 0.1) is 11.6 Å². The van der Waals surface area contributed by atoms with Crippen molar-refractivity contribution < 1.29 is 18.3 Å². The summed E-state index contributed by atoms with van der Waals surface area (Å²) in [7, 11) is 0. The van der Waals surface area contributed by atoms with Crippen molar-refractivity contribution >= 4 is 11.7 Å². The van der Waals surface area contributed by atoms with E-state index < -0.39 is 17.7 Å². The number of nitrogens with zero attached hydrogens (tertiary/aromatic N) is 4. The molecule has 3 aromatic rings. The average molecular weight is 374 g/mol. The molecule has 0 aliphatic heterocycles. The number of anilines is 1. The maximum Gasteiger partial charge on any atom is 0.319 e. The van der Waals surface area contributed by atoms with Gasteiger partial charge in [0.2, 0.25) is 0 Å². The van der Waals surface area contributed by atoms with Gasteiger partial charge in [-0.25, -0.2) is 13.6 Å². The number of halogens is 2. The number of hydrogen-bond acceptors (Lipinski definition) is 5. The first-order valence-electron chi connectivity index (χ1n) is 8.07. The summed E-state index contributed by atoms with van der Waals surface area (Å²) in [6.45, 7) is 2.42. The van der Waals surface area contributed by atoms with E-state index in [4.69, 9.17) is 4.74 Å². The van der Waals surface area contributed by atoms with Crippen molar-refractivity contribution in [3.63, 3.8) is 0 Å². The molecule has 0 bridgehead atoms. The van der Waals surface area contributed by atoms with Gasteiger partial charge in [-0.3, -0.25) is 0 Å². The number of aromatic nitrogens is 4. The summed E-state index contributed by atoms with van der Waals surface area (Å²) in [5.74, 6) is -1.03. The van der Waals surface area contributed by atoms with Gasteiger partial charge >= 0.3 is 6.03 Å². The van der Waals surface area contributed by atoms with Crippen molar-refractivity contribution in [2.45, 2.75) is 13.5 Å². The van der Waals surface area contributed by atoms with Gasteiger partial charge in [0.05, 0.1) is 18.8 Å². The molecule has 8 nitrogen and oxygen atoms in total. The monoisotopic (exact) mass is 374 g/mol. The Labute approximate surface area is 153 Å². The zero-order chi connectivity index (χ0) is 19.2. The van der Waals surface area contributed by atoms with Crippen molar-refractivity contribution in [3.8, 4) is 11.4 Å². The molecule has 140 valence electrons. The third kappa shape index (κ3) is 4.54. The molecule has 27 heavy (non-hydrogen) atoms. The lowest BCUT2D eigenvalue weighted by molar-refractivity contribution is 0.251. The Hall–Kier alpha value is -3.56. The number of nitrogens with one attached hydrogen (secondary N) is 2. The molecule has 0 atom stereocenters. The van der Waals surface area contributed by atoms with Gasteiger partial charge in [-0.05, 0) is 53.7 Å². The zero-order valence-electron chi connectivity index (χ0n) is 14.3. The van der Waals surface area contributed by atoms with Crippen molar-refractivity contribution in [1.29, 1.82) is 0 Å². The molecule has 2 N–H and O–H groups in total. The number of amides is 2. The molecule has 0 spiro atoms. The second-order valence-corrected chi connectivity index (χ2v) is 5.37. The molecule has 10 heteroatoms. The number of hydrogen-bond donors (Lipinski definition) is 2. The second-order valence-electron chi connectivity index (χ2n) is 5.37. The fraction of sp³-hybridized carbons (Fsp3) is 0.176. The van der Waals surface area contributed by atoms with E-state index in [1.807, 2.05) is 6.92 Å². The lowest BCUT2D eigenvalue weighted by atomic mass is 10.3. The van der Waals surface area contributed by atoms with E-state index in [9.17, 15) is 13.6 Å². The van der Waals surface area contributed by atoms with Gasteiger partial charge in [-0.2, -0.15) is 4.68 Å². The topological polar surface area (TPSA) is 94.0 Å². The fourth-order valence-corrected chi connectivity index (χ4v) is 2.27. The molecule has 0 aliphatic carbocycles. The van der Waals surface area contributed by atoms with E-state index >= 15 is 0 Å². The number of rotatable bonds is 6. The van der Waals surface area contributed by atoms with Gasteiger partial charge in [-0.1, -0.05) is 0 Å². The third-order valence-electron chi connectivity index (χ3n) is 3.51. The Bertz CT molecular complexity index is 929. The lowest BCUT2D eigenvalue weighted by Gasteiger charge is -2.09. The third-order valence-corrected chi connectivity index (χ3v) is 3.51. The Balaban J connectivity index is 1.61. The van der Waals surface area contributed by atoms with Crippen LogP contribution in [0.3, 0.4) is 0 Å². The number of urea groups is 1. The van der Waals surface area contributed by atoms with Crippen molar-refractivity contribution in [2.24, 2.45) is 0 Å². The molecular weight excluding hydrogens is 358 g/mol. The standard InChI is InChI=1S/C17H16F2N6O2/c1-2-27-13-6-3-11(4-7-13)21-17(26)20-10-16-22-23-24-25(16)12-5-8-14(18)15(19)9-12/h3-9H,2,10H2,1H3,(H2,20,21,26). The summed E-state index contributed by atoms with van der Waals surface area (Å²) >= 11 is 0. The molecule has 0 unspecified atom stereocenters. The van der Waals surface area contributed by atoms with E-state index in [1.54, 1.807) is 24.3 Å². The highest BCUT2D eigenvalue weighted by atomic mass is 19.2. The summed E-state index contributed by atoms with van der Waals surface area (Å²) in [5.41, 5.74) is 0.818. The average Bonchev–Trinajstić information content (AvgIpc) is 3.13. The van der Waals surface area contributed by atoms with Crippen LogP contribution in [-0.4, -0.2) is 32.8 Å². The fourth-order valence-electron chi connectivity index (χ4n) is 2.27. The van der Waals surface area contributed by atoms with Gasteiger partial charge < -0.3 is 15.4 Å². The predicted molar refractivity (Wildman–Crippen MR) is 92.5 cm³/mol. The highest BCUT2D eigenvalue weighted by Gasteiger charge is 2.12. The molecule has 1 aromatic heterocycles. The van der Waals surface area contributed by atoms with Crippen molar-refractivity contribution in [2.75, 3.05) is 11.9 Å². The quantitative estimate of drug-likeness (QED) is 0.692. The van der Waals surface area contributed by atoms with Crippen LogP contribution in [0.25, 0.3) is 5.69 Å². The SMILES string of the molecule is CCOc1ccc(NC(=O)NCc2nnnn2-c2ccc(F)c(F)c2)cc1. The molecule has 0 radical (unpaired) electrons. The highest BCUT2D eigenvalue weighted by molar-refractivity contribution is 5.89. The van der Waals surface area contributed by atoms with E-state index in [-0.39, 0.29) is 18.1 Å². The van der Waals surface area contributed by atoms with E-state index in [1.165, 1.54) is 10.7 Å². The van der Waals surface area contributed by atoms with Crippen LogP contribution in [0.1, 0.15) is 12.7 Å². The van der Waals surface area contributed by atoms with Gasteiger partial charge in [-0.15, -0.1) is 5.10 Å². The first kappa shape index (κ1) is 18.2. The first-order valence-corrected chi connectivity index (χ1v) is 8.07. The molecule has 0 saturated carbocycles. The van der Waals surface area contributed by atoms with Gasteiger partial charge in [0, 0.05) is 11.8 Å². The molecule has 1 heterocycles. The Morgan fingerprint density at radius 1 is 1.15 bits per heavy atom. The highest BCUT2D eigenvalue weighted by Crippen LogP contribution is 2.16. The van der Waals surface area contributed by atoms with Gasteiger partial charge in [0.15, 0.2) is 17.5 Å². The number of carbonyl (C=O) groups is 1. The summed E-state index contributed by atoms with van der Waals surface area (Å²) in [4.78, 5) is 12.0. The second kappa shape index (κ2) is 8.21. The van der Waals surface area contributed by atoms with E-state index in [0.29, 0.717) is 18.0 Å². The molecule has 3 rings (SSSR count). The number of tetrazole rings is 1. The summed E-state index contributed by atoms with van der Waals surface area (Å²) in [6, 6.07) is 9.69. The lowest BCUT2D eigenvalue weighted by Crippen LogP contribution is -2.29. The number of benzene rings is 2. The number of carbonyl (C=O) groups excluding carboxylic acids is 1. The normalized spacial score (nSPS) is 10.5. The van der Waals surface area contributed by atoms with Crippen LogP contribution in [0.4, 0.5) is 19.3 Å². The minimum absolute atomic E-state index is 0.0190. The summed E-state index contributed by atoms with van der Waals surface area (Å²) < 4.78 is 33.0. The molecule has 0 aliphatic rings. The molecule has 2 amide bonds. The van der Waals surface area contributed by atoms with Crippen LogP contribution in [0.5, 0.6) is 5.75 Å². The largest absolute Gasteiger partial charge is 0.494 e. The Morgan fingerprint density at radius 2 is 1.93 bits per heavy atom. The zero-order valence-corrected chi connectivity index (χ0v) is 14.3. The van der Waals surface area contributed by atoms with Crippen LogP contribution in [0.15, 0.2) is 42.5 Å². The summed E-state index contributed by atoms with van der Waals surface area (Å²) in [6.07, 6.45) is 0. The van der Waals surface area contributed by atoms with E-state index in [0.717, 1.165) is 12.1 Å². The van der Waals surface area contributed by atoms with Gasteiger partial charge in [0.25, 0.3) is 0 Å². The maximum atomic E-state index is 13.4. The predicted octanol–water partition coefficient (Wildman–Crippen LogP) is 2.66. The van der Waals surface area contributed by atoms with Gasteiger partial charge in [0.1, 0.15) is 5.75 Å². The minimum atomic E-state index is -1.02. The molecule has 0 saturated heterocycles. The minimum Gasteiger partial charge on any atom is -0.494 e. The Morgan fingerprint density at radius 3 is 2.63 bits per heavy atom. The number of ether oxygens (including phenoxy) is 1. The van der Waals surface area contributed by atoms with Crippen molar-refractivity contribution in [1.82, 2.24) is 25.5 Å². The Kier molecular flexibility index (Phi) is 5.55. The molecule has 0 fully saturated rings. The maximum absolute atomic E-state index is 13.4. The van der Waals surface area contributed by atoms with Crippen molar-refractivity contribution in [3.05, 3.63) is 59.9 Å². The van der Waals surface area contributed by atoms with Crippen LogP contribution in [-0.2, 0) is 6.54 Å². The van der Waals surface area contributed by atoms with Crippen LogP contribution < -0.4 is 15.4 Å². The van der Waals surface area contributed by atoms with Crippen LogP contribution >= 0.6 is 0 Å². The van der Waals surface area contributed by atoms with Crippen LogP contribution in [0.2, 0.25) is 0 Å². The first-order chi connectivity index (χ1) is 13.1. The smallest absolute Gasteiger partial charge is 0.319 e. The van der Waals surface area contributed by atoms with E-state index in [2.05, 4.69) is 26.2 Å². The molecule has 2 aromatic carbocycles. The molecular formula is C17H16F2N6O2.